The zero-order valence-electron chi connectivity index (χ0n) is 10.6. The molecule has 1 aromatic rings. The highest BCUT2D eigenvalue weighted by atomic mass is 35.5. The van der Waals surface area contributed by atoms with Crippen molar-refractivity contribution in [3.63, 3.8) is 0 Å². The third-order valence-corrected chi connectivity index (χ3v) is 4.06. The molecule has 0 aliphatic heterocycles. The van der Waals surface area contributed by atoms with Gasteiger partial charge >= 0.3 is 6.18 Å². The predicted molar refractivity (Wildman–Crippen MR) is 75.6 cm³/mol. The minimum atomic E-state index is -4.63. The molecule has 1 rings (SSSR count). The van der Waals surface area contributed by atoms with Gasteiger partial charge in [-0.15, -0.1) is 0 Å². The van der Waals surface area contributed by atoms with E-state index in [1.165, 1.54) is 6.92 Å². The van der Waals surface area contributed by atoms with Crippen molar-refractivity contribution < 1.29 is 28.2 Å². The van der Waals surface area contributed by atoms with Gasteiger partial charge in [0.05, 0.1) is 11.7 Å². The Bertz CT molecular complexity index is 514. The summed E-state index contributed by atoms with van der Waals surface area (Å²) >= 11 is 12.2. The molecule has 0 radical (unpaired) electrons. The van der Waals surface area contributed by atoms with Crippen molar-refractivity contribution >= 4 is 40.1 Å². The normalized spacial score (nSPS) is 14.9. The zero-order chi connectivity index (χ0) is 16.4. The van der Waals surface area contributed by atoms with Crippen LogP contribution < -0.4 is 0 Å². The zero-order valence-corrected chi connectivity index (χ0v) is 12.9. The minimum absolute atomic E-state index is 0.135. The first-order valence-corrected chi connectivity index (χ1v) is 7.33. The number of alkyl halides is 3. The van der Waals surface area contributed by atoms with Crippen molar-refractivity contribution in [2.24, 2.45) is 0 Å². The molecule has 0 saturated heterocycles. The number of rotatable bonds is 4. The monoisotopic (exact) mass is 362 g/mol. The van der Waals surface area contributed by atoms with E-state index in [1.54, 1.807) is 0 Å². The van der Waals surface area contributed by atoms with Crippen molar-refractivity contribution in [2.75, 3.05) is 5.75 Å². The van der Waals surface area contributed by atoms with Crippen molar-refractivity contribution in [3.8, 4) is 0 Å². The fraction of sp³-hybridized carbons (Fsp3) is 0.417. The van der Waals surface area contributed by atoms with E-state index in [0.29, 0.717) is 12.1 Å². The smallest absolute Gasteiger partial charge is 0.389 e. The van der Waals surface area contributed by atoms with Gasteiger partial charge in [0.15, 0.2) is 5.12 Å². The highest BCUT2D eigenvalue weighted by molar-refractivity contribution is 8.13. The molecule has 0 bridgehead atoms. The third-order valence-electron chi connectivity index (χ3n) is 2.52. The number of aliphatic hydroxyl groups is 2. The SMILES string of the molecule is CC(=O)SCC(O)C(O)c1c(Cl)cc(C(F)(F)F)cc1Cl. The van der Waals surface area contributed by atoms with Crippen LogP contribution in [-0.4, -0.2) is 27.2 Å². The first kappa shape index (κ1) is 18.6. The molecule has 3 nitrogen and oxygen atoms in total. The fourth-order valence-corrected chi connectivity index (χ4v) is 2.82. The molecule has 2 atom stereocenters. The second-order valence-corrected chi connectivity index (χ2v) is 6.18. The van der Waals surface area contributed by atoms with Crippen LogP contribution in [0.2, 0.25) is 10.0 Å². The largest absolute Gasteiger partial charge is 0.416 e. The molecule has 1 aromatic carbocycles. The Morgan fingerprint density at radius 1 is 1.29 bits per heavy atom. The summed E-state index contributed by atoms with van der Waals surface area (Å²) in [5.41, 5.74) is -1.26. The Morgan fingerprint density at radius 3 is 2.14 bits per heavy atom. The maximum atomic E-state index is 12.6. The van der Waals surface area contributed by atoms with Crippen LogP contribution in [0.3, 0.4) is 0 Å². The average molecular weight is 363 g/mol. The summed E-state index contributed by atoms with van der Waals surface area (Å²) in [5, 5.41) is 18.6. The average Bonchev–Trinajstić information content (AvgIpc) is 2.33. The van der Waals surface area contributed by atoms with E-state index in [2.05, 4.69) is 0 Å². The molecule has 2 unspecified atom stereocenters. The summed E-state index contributed by atoms with van der Waals surface area (Å²) in [6, 6.07) is 1.24. The fourth-order valence-electron chi connectivity index (χ4n) is 1.52. The Morgan fingerprint density at radius 2 is 1.76 bits per heavy atom. The Kier molecular flexibility index (Phi) is 6.36. The number of hydrogen-bond acceptors (Lipinski definition) is 4. The van der Waals surface area contributed by atoms with E-state index >= 15 is 0 Å². The number of halogens is 5. The summed E-state index contributed by atoms with van der Waals surface area (Å²) in [6.07, 6.45) is -7.62. The highest BCUT2D eigenvalue weighted by Crippen LogP contribution is 2.39. The topological polar surface area (TPSA) is 57.5 Å². The molecule has 0 amide bonds. The van der Waals surface area contributed by atoms with Gasteiger partial charge in [0, 0.05) is 28.3 Å². The van der Waals surface area contributed by atoms with Crippen LogP contribution in [0.25, 0.3) is 0 Å². The summed E-state index contributed by atoms with van der Waals surface area (Å²) in [5.74, 6) is -0.135. The van der Waals surface area contributed by atoms with Gasteiger partial charge in [-0.1, -0.05) is 35.0 Å². The van der Waals surface area contributed by atoms with Crippen LogP contribution in [0.5, 0.6) is 0 Å². The van der Waals surface area contributed by atoms with Gasteiger partial charge in [-0.3, -0.25) is 4.79 Å². The summed E-state index contributed by atoms with van der Waals surface area (Å²) in [4.78, 5) is 10.8. The molecule has 0 saturated carbocycles. The Hall–Kier alpha value is -0.470. The quantitative estimate of drug-likeness (QED) is 0.857. The maximum Gasteiger partial charge on any atom is 0.416 e. The number of aliphatic hydroxyl groups excluding tert-OH is 2. The van der Waals surface area contributed by atoms with E-state index < -0.39 is 34.0 Å². The Labute approximate surface area is 133 Å². The summed E-state index contributed by atoms with van der Waals surface area (Å²) in [7, 11) is 0. The van der Waals surface area contributed by atoms with Crippen LogP contribution in [0.15, 0.2) is 12.1 Å². The second kappa shape index (κ2) is 7.19. The molecule has 9 heteroatoms. The molecule has 0 aliphatic rings. The predicted octanol–water partition coefficient (Wildman–Crippen LogP) is 3.69. The molecule has 0 heterocycles. The molecule has 21 heavy (non-hydrogen) atoms. The first-order valence-electron chi connectivity index (χ1n) is 5.59. The lowest BCUT2D eigenvalue weighted by Crippen LogP contribution is -2.22. The van der Waals surface area contributed by atoms with Crippen molar-refractivity contribution in [3.05, 3.63) is 33.3 Å². The van der Waals surface area contributed by atoms with Gasteiger partial charge in [-0.25, -0.2) is 0 Å². The molecular weight excluding hydrogens is 352 g/mol. The highest BCUT2D eigenvalue weighted by Gasteiger charge is 2.33. The van der Waals surface area contributed by atoms with Crippen LogP contribution >= 0.6 is 35.0 Å². The van der Waals surface area contributed by atoms with Gasteiger partial charge in [0.2, 0.25) is 0 Å². The molecule has 118 valence electrons. The number of benzene rings is 1. The summed E-state index contributed by atoms with van der Waals surface area (Å²) < 4.78 is 37.7. The van der Waals surface area contributed by atoms with Gasteiger partial charge in [-0.05, 0) is 12.1 Å². The minimum Gasteiger partial charge on any atom is -0.389 e. The van der Waals surface area contributed by atoms with E-state index in [1.807, 2.05) is 0 Å². The van der Waals surface area contributed by atoms with Crippen molar-refractivity contribution in [1.29, 1.82) is 0 Å². The van der Waals surface area contributed by atoms with Crippen molar-refractivity contribution in [1.82, 2.24) is 0 Å². The van der Waals surface area contributed by atoms with Gasteiger partial charge < -0.3 is 10.2 Å². The van der Waals surface area contributed by atoms with Crippen LogP contribution in [0, 0.1) is 0 Å². The molecular formula is C12H11Cl2F3O3S. The van der Waals surface area contributed by atoms with Gasteiger partial charge in [0.1, 0.15) is 6.10 Å². The molecule has 0 spiro atoms. The van der Waals surface area contributed by atoms with E-state index in [0.717, 1.165) is 11.8 Å². The number of thioether (sulfide) groups is 1. The first-order chi connectivity index (χ1) is 9.54. The third kappa shape index (κ3) is 5.03. The molecule has 0 fully saturated rings. The van der Waals surface area contributed by atoms with Gasteiger partial charge in [0.25, 0.3) is 0 Å². The number of carbonyl (C=O) groups is 1. The summed E-state index contributed by atoms with van der Waals surface area (Å²) in [6.45, 7) is 1.28. The van der Waals surface area contributed by atoms with Gasteiger partial charge in [-0.2, -0.15) is 13.2 Å². The van der Waals surface area contributed by atoms with Crippen LogP contribution in [0.1, 0.15) is 24.2 Å². The Balaban J connectivity index is 3.05. The van der Waals surface area contributed by atoms with E-state index in [9.17, 15) is 28.2 Å². The second-order valence-electron chi connectivity index (χ2n) is 4.17. The lowest BCUT2D eigenvalue weighted by molar-refractivity contribution is -0.137. The molecule has 2 N–H and O–H groups in total. The number of hydrogen-bond donors (Lipinski definition) is 2. The van der Waals surface area contributed by atoms with Crippen molar-refractivity contribution in [2.45, 2.75) is 25.3 Å². The standard InChI is InChI=1S/C12H11Cl2F3O3S/c1-5(18)21-4-9(19)11(20)10-7(13)2-6(3-8(10)14)12(15,16)17/h2-3,9,11,19-20H,4H2,1H3. The molecule has 0 aromatic heterocycles. The number of carbonyl (C=O) groups excluding carboxylic acids is 1. The van der Waals surface area contributed by atoms with E-state index in [-0.39, 0.29) is 16.4 Å². The molecule has 0 aliphatic carbocycles. The van der Waals surface area contributed by atoms with Crippen LogP contribution in [-0.2, 0) is 11.0 Å². The maximum absolute atomic E-state index is 12.6. The lowest BCUT2D eigenvalue weighted by Gasteiger charge is -2.20. The lowest BCUT2D eigenvalue weighted by atomic mass is 10.0. The van der Waals surface area contributed by atoms with E-state index in [4.69, 9.17) is 23.2 Å². The van der Waals surface area contributed by atoms with Crippen LogP contribution in [0.4, 0.5) is 13.2 Å².